The minimum absolute atomic E-state index is 0.0588. The fourth-order valence-corrected chi connectivity index (χ4v) is 1.21. The monoisotopic (exact) mass is 228 g/mol. The van der Waals surface area contributed by atoms with Crippen molar-refractivity contribution in [3.05, 3.63) is 54.0 Å². The van der Waals surface area contributed by atoms with E-state index in [-0.39, 0.29) is 12.3 Å². The molecule has 1 amide bonds. The largest absolute Gasteiger partial charge is 0.471 e. The topological polar surface area (TPSA) is 78.1 Å². The van der Waals surface area contributed by atoms with Gasteiger partial charge in [0.15, 0.2) is 0 Å². The van der Waals surface area contributed by atoms with E-state index in [0.29, 0.717) is 5.88 Å². The number of hydrogen-bond donors (Lipinski definition) is 1. The molecule has 0 aliphatic heterocycles. The Balaban J connectivity index is 2.04. The second kappa shape index (κ2) is 5.07. The van der Waals surface area contributed by atoms with Gasteiger partial charge >= 0.3 is 0 Å². The number of nitrogens with zero attached hydrogens (tertiary/aromatic N) is 2. The number of carbonyl (C=O) groups excluding carboxylic acids is 1. The maximum atomic E-state index is 10.9. The van der Waals surface area contributed by atoms with Crippen LogP contribution < -0.4 is 10.5 Å². The zero-order chi connectivity index (χ0) is 12.1. The quantitative estimate of drug-likeness (QED) is 0.845. The van der Waals surface area contributed by atoms with Crippen LogP contribution in [0.15, 0.2) is 36.5 Å². The third kappa shape index (κ3) is 3.01. The number of primary amides is 1. The van der Waals surface area contributed by atoms with Crippen LogP contribution in [0.2, 0.25) is 0 Å². The fraction of sp³-hybridized carbons (Fsp3) is 0.0833. The van der Waals surface area contributed by atoms with Gasteiger partial charge in [0, 0.05) is 18.3 Å². The Morgan fingerprint density at radius 3 is 3.00 bits per heavy atom. The van der Waals surface area contributed by atoms with Gasteiger partial charge in [-0.2, -0.15) is 0 Å². The lowest BCUT2D eigenvalue weighted by Gasteiger charge is -2.04. The van der Waals surface area contributed by atoms with Crippen LogP contribution in [0.3, 0.4) is 0 Å². The van der Waals surface area contributed by atoms with Gasteiger partial charge in [0.05, 0.1) is 5.69 Å². The summed E-state index contributed by atoms with van der Waals surface area (Å²) < 4.78 is 5.38. The van der Waals surface area contributed by atoms with Crippen molar-refractivity contribution in [2.75, 3.05) is 0 Å². The molecule has 5 heteroatoms. The molecular formula is C12H10N3O2. The molecule has 0 atom stereocenters. The van der Waals surface area contributed by atoms with Gasteiger partial charge in [-0.05, 0) is 18.2 Å². The van der Waals surface area contributed by atoms with E-state index in [1.807, 2.05) is 18.2 Å². The Morgan fingerprint density at radius 1 is 1.41 bits per heavy atom. The van der Waals surface area contributed by atoms with Crippen LogP contribution in [0.4, 0.5) is 0 Å². The van der Waals surface area contributed by atoms with Gasteiger partial charge in [-0.1, -0.05) is 6.07 Å². The summed E-state index contributed by atoms with van der Waals surface area (Å²) in [5.41, 5.74) is 5.93. The van der Waals surface area contributed by atoms with Crippen LogP contribution >= 0.6 is 0 Å². The number of rotatable bonds is 4. The van der Waals surface area contributed by atoms with E-state index in [0.717, 1.165) is 5.69 Å². The van der Waals surface area contributed by atoms with Crippen molar-refractivity contribution in [1.29, 1.82) is 0 Å². The predicted molar refractivity (Wildman–Crippen MR) is 60.2 cm³/mol. The summed E-state index contributed by atoms with van der Waals surface area (Å²) in [6.45, 7) is 0.288. The average Bonchev–Trinajstić information content (AvgIpc) is 2.38. The molecule has 2 aromatic rings. The molecule has 2 rings (SSSR count). The molecule has 2 heterocycles. The van der Waals surface area contributed by atoms with Crippen LogP contribution in [-0.4, -0.2) is 15.9 Å². The number of hydrogen-bond acceptors (Lipinski definition) is 4. The average molecular weight is 228 g/mol. The molecule has 0 saturated heterocycles. The molecule has 0 fully saturated rings. The normalized spacial score (nSPS) is 9.88. The lowest BCUT2D eigenvalue weighted by molar-refractivity contribution is 0.0994. The summed E-state index contributed by atoms with van der Waals surface area (Å²) in [4.78, 5) is 18.9. The van der Waals surface area contributed by atoms with Crippen molar-refractivity contribution in [2.45, 2.75) is 6.61 Å². The maximum Gasteiger partial charge on any atom is 0.268 e. The molecule has 2 N–H and O–H groups in total. The Bertz CT molecular complexity index is 514. The van der Waals surface area contributed by atoms with E-state index >= 15 is 0 Å². The van der Waals surface area contributed by atoms with Crippen LogP contribution in [0.1, 0.15) is 16.2 Å². The standard InChI is InChI=1S/C12H10N3O2/c13-12(16)10-5-3-6-11(15-10)17-8-9-4-1-2-7-14-9/h1-4,6-7H,8H2,(H2,13,16). The van der Waals surface area contributed by atoms with Gasteiger partial charge in [-0.3, -0.25) is 9.78 Å². The molecule has 0 bridgehead atoms. The summed E-state index contributed by atoms with van der Waals surface area (Å²) in [6, 6.07) is 11.3. The first-order valence-electron chi connectivity index (χ1n) is 4.97. The second-order valence-electron chi connectivity index (χ2n) is 3.25. The predicted octanol–water partition coefficient (Wildman–Crippen LogP) is 0.955. The minimum Gasteiger partial charge on any atom is -0.471 e. The molecule has 0 unspecified atom stereocenters. The molecule has 85 valence electrons. The summed E-state index contributed by atoms with van der Waals surface area (Å²) in [5, 5.41) is 0. The SMILES string of the molecule is NC(=O)c1[c]ccc(OCc2ccccn2)n1. The smallest absolute Gasteiger partial charge is 0.268 e. The Kier molecular flexibility index (Phi) is 3.30. The van der Waals surface area contributed by atoms with Gasteiger partial charge in [-0.25, -0.2) is 4.98 Å². The van der Waals surface area contributed by atoms with Crippen molar-refractivity contribution >= 4 is 5.91 Å². The van der Waals surface area contributed by atoms with Gasteiger partial charge in [0.2, 0.25) is 5.88 Å². The van der Waals surface area contributed by atoms with Crippen LogP contribution in [-0.2, 0) is 6.61 Å². The highest BCUT2D eigenvalue weighted by atomic mass is 16.5. The van der Waals surface area contributed by atoms with Crippen LogP contribution in [0.25, 0.3) is 0 Å². The van der Waals surface area contributed by atoms with Crippen molar-refractivity contribution in [1.82, 2.24) is 9.97 Å². The van der Waals surface area contributed by atoms with E-state index in [9.17, 15) is 4.79 Å². The van der Waals surface area contributed by atoms with Crippen molar-refractivity contribution < 1.29 is 9.53 Å². The Hall–Kier alpha value is -2.43. The number of amides is 1. The lowest BCUT2D eigenvalue weighted by Crippen LogP contribution is -2.13. The summed E-state index contributed by atoms with van der Waals surface area (Å²) in [5.74, 6) is -0.309. The van der Waals surface area contributed by atoms with Crippen molar-refractivity contribution in [3.63, 3.8) is 0 Å². The number of carbonyl (C=O) groups is 1. The van der Waals surface area contributed by atoms with E-state index in [1.54, 1.807) is 18.3 Å². The van der Waals surface area contributed by atoms with Crippen LogP contribution in [0.5, 0.6) is 5.88 Å². The summed E-state index contributed by atoms with van der Waals surface area (Å²) in [7, 11) is 0. The van der Waals surface area contributed by atoms with Crippen LogP contribution in [0, 0.1) is 6.07 Å². The molecule has 5 nitrogen and oxygen atoms in total. The van der Waals surface area contributed by atoms with Gasteiger partial charge < -0.3 is 10.5 Å². The van der Waals surface area contributed by atoms with E-state index in [1.165, 1.54) is 0 Å². The van der Waals surface area contributed by atoms with Gasteiger partial charge in [0.25, 0.3) is 5.91 Å². The molecule has 17 heavy (non-hydrogen) atoms. The second-order valence-corrected chi connectivity index (χ2v) is 3.25. The van der Waals surface area contributed by atoms with E-state index in [4.69, 9.17) is 10.5 Å². The molecule has 0 saturated carbocycles. The highest BCUT2D eigenvalue weighted by Gasteiger charge is 2.04. The zero-order valence-electron chi connectivity index (χ0n) is 8.96. The van der Waals surface area contributed by atoms with Crippen molar-refractivity contribution in [3.8, 4) is 5.88 Å². The minimum atomic E-state index is -0.631. The first kappa shape index (κ1) is 11.1. The van der Waals surface area contributed by atoms with E-state index in [2.05, 4.69) is 16.0 Å². The molecule has 1 radical (unpaired) electrons. The lowest BCUT2D eigenvalue weighted by atomic mass is 10.3. The molecule has 0 aliphatic rings. The Morgan fingerprint density at radius 2 is 2.29 bits per heavy atom. The third-order valence-corrected chi connectivity index (χ3v) is 2.00. The molecular weight excluding hydrogens is 218 g/mol. The van der Waals surface area contributed by atoms with Crippen molar-refractivity contribution in [2.24, 2.45) is 5.73 Å². The fourth-order valence-electron chi connectivity index (χ4n) is 1.21. The van der Waals surface area contributed by atoms with Gasteiger partial charge in [-0.15, -0.1) is 0 Å². The Labute approximate surface area is 98.3 Å². The first-order valence-corrected chi connectivity index (χ1v) is 4.97. The molecule has 2 aromatic heterocycles. The molecule has 0 aliphatic carbocycles. The highest BCUT2D eigenvalue weighted by molar-refractivity contribution is 5.90. The summed E-state index contributed by atoms with van der Waals surface area (Å²) >= 11 is 0. The molecule has 0 aromatic carbocycles. The summed E-state index contributed by atoms with van der Waals surface area (Å²) in [6.07, 6.45) is 1.68. The number of ether oxygens (including phenoxy) is 1. The number of aromatic nitrogens is 2. The highest BCUT2D eigenvalue weighted by Crippen LogP contribution is 2.08. The number of pyridine rings is 2. The maximum absolute atomic E-state index is 10.9. The van der Waals surface area contributed by atoms with E-state index < -0.39 is 5.91 Å². The third-order valence-electron chi connectivity index (χ3n) is 2.00. The number of nitrogens with two attached hydrogens (primary N) is 1. The first-order chi connectivity index (χ1) is 8.25. The zero-order valence-corrected chi connectivity index (χ0v) is 8.96. The molecule has 0 spiro atoms. The van der Waals surface area contributed by atoms with Gasteiger partial charge in [0.1, 0.15) is 12.3 Å².